The highest BCUT2D eigenvalue weighted by molar-refractivity contribution is 7.08. The number of pyridine rings is 1. The van der Waals surface area contributed by atoms with E-state index in [0.717, 1.165) is 22.4 Å². The molecule has 0 bridgehead atoms. The van der Waals surface area contributed by atoms with Crippen molar-refractivity contribution in [1.82, 2.24) is 10.3 Å². The van der Waals surface area contributed by atoms with Crippen LogP contribution in [0.25, 0.3) is 11.3 Å². The third-order valence-electron chi connectivity index (χ3n) is 4.75. The number of ether oxygens (including phenoxy) is 1. The molecule has 1 amide bonds. The SMILES string of the molecule is O=C(CCc1cccc(Oc2ccc(F)cc2)c1)NCc1cccnc1-c1ccsc1. The van der Waals surface area contributed by atoms with Crippen molar-refractivity contribution >= 4 is 17.2 Å². The molecule has 156 valence electrons. The molecule has 0 aliphatic carbocycles. The number of aryl methyl sites for hydroxylation is 1. The number of amides is 1. The first-order valence-electron chi connectivity index (χ1n) is 9.93. The van der Waals surface area contributed by atoms with E-state index in [-0.39, 0.29) is 11.7 Å². The van der Waals surface area contributed by atoms with Crippen molar-refractivity contribution in [3.63, 3.8) is 0 Å². The molecule has 4 nitrogen and oxygen atoms in total. The summed E-state index contributed by atoms with van der Waals surface area (Å²) in [6, 6.07) is 19.3. The molecular weight excluding hydrogens is 411 g/mol. The van der Waals surface area contributed by atoms with Crippen LogP contribution < -0.4 is 10.1 Å². The first kappa shape index (κ1) is 20.8. The van der Waals surface area contributed by atoms with Crippen LogP contribution in [0.1, 0.15) is 17.5 Å². The Kier molecular flexibility index (Phi) is 6.69. The minimum absolute atomic E-state index is 0.0232. The number of benzene rings is 2. The molecule has 0 fully saturated rings. The van der Waals surface area contributed by atoms with Gasteiger partial charge in [0.1, 0.15) is 17.3 Å². The fourth-order valence-electron chi connectivity index (χ4n) is 3.18. The maximum atomic E-state index is 13.0. The van der Waals surface area contributed by atoms with Gasteiger partial charge in [0.2, 0.25) is 5.91 Å². The van der Waals surface area contributed by atoms with Crippen molar-refractivity contribution in [2.45, 2.75) is 19.4 Å². The zero-order valence-corrected chi connectivity index (χ0v) is 17.6. The number of nitrogens with one attached hydrogen (secondary N) is 1. The Balaban J connectivity index is 1.31. The number of aromatic nitrogens is 1. The number of nitrogens with zero attached hydrogens (tertiary/aromatic N) is 1. The van der Waals surface area contributed by atoms with E-state index < -0.39 is 0 Å². The van der Waals surface area contributed by atoms with E-state index >= 15 is 0 Å². The molecule has 0 aliphatic heterocycles. The summed E-state index contributed by atoms with van der Waals surface area (Å²) in [6.07, 6.45) is 2.73. The van der Waals surface area contributed by atoms with Crippen molar-refractivity contribution in [2.75, 3.05) is 0 Å². The zero-order chi connectivity index (χ0) is 21.5. The molecule has 2 aromatic heterocycles. The van der Waals surface area contributed by atoms with E-state index in [1.54, 1.807) is 29.7 Å². The van der Waals surface area contributed by atoms with Crippen molar-refractivity contribution in [3.8, 4) is 22.8 Å². The predicted octanol–water partition coefficient (Wildman–Crippen LogP) is 5.99. The van der Waals surface area contributed by atoms with E-state index in [9.17, 15) is 9.18 Å². The van der Waals surface area contributed by atoms with Gasteiger partial charge in [-0.2, -0.15) is 11.3 Å². The summed E-state index contributed by atoms with van der Waals surface area (Å²) < 4.78 is 18.8. The van der Waals surface area contributed by atoms with Crippen LogP contribution in [0.15, 0.2) is 83.7 Å². The Labute approximate surface area is 184 Å². The highest BCUT2D eigenvalue weighted by Crippen LogP contribution is 2.24. The molecule has 4 rings (SSSR count). The molecule has 2 aromatic carbocycles. The number of carbonyl (C=O) groups is 1. The quantitative estimate of drug-likeness (QED) is 0.372. The highest BCUT2D eigenvalue weighted by atomic mass is 32.1. The van der Waals surface area contributed by atoms with Crippen LogP contribution in [0.4, 0.5) is 4.39 Å². The van der Waals surface area contributed by atoms with E-state index in [4.69, 9.17) is 4.74 Å². The Hall–Kier alpha value is -3.51. The third kappa shape index (κ3) is 5.77. The normalized spacial score (nSPS) is 10.6. The number of thiophene rings is 1. The molecule has 0 spiro atoms. The Bertz CT molecular complexity index is 1140. The first-order valence-corrected chi connectivity index (χ1v) is 10.9. The number of hydrogen-bond donors (Lipinski definition) is 1. The van der Waals surface area contributed by atoms with Crippen LogP contribution >= 0.6 is 11.3 Å². The Morgan fingerprint density at radius 1 is 1.03 bits per heavy atom. The van der Waals surface area contributed by atoms with Gasteiger partial charge in [0.05, 0.1) is 5.69 Å². The summed E-state index contributed by atoms with van der Waals surface area (Å²) in [5.41, 5.74) is 3.95. The Morgan fingerprint density at radius 3 is 2.71 bits per heavy atom. The van der Waals surface area contributed by atoms with Crippen LogP contribution in [-0.4, -0.2) is 10.9 Å². The van der Waals surface area contributed by atoms with E-state index in [2.05, 4.69) is 15.7 Å². The van der Waals surface area contributed by atoms with Crippen LogP contribution in [0, 0.1) is 5.82 Å². The van der Waals surface area contributed by atoms with Gasteiger partial charge in [-0.15, -0.1) is 0 Å². The summed E-state index contributed by atoms with van der Waals surface area (Å²) in [4.78, 5) is 16.9. The van der Waals surface area contributed by atoms with Gasteiger partial charge in [-0.1, -0.05) is 18.2 Å². The van der Waals surface area contributed by atoms with Gasteiger partial charge in [0, 0.05) is 30.1 Å². The molecular formula is C25H21FN2O2S. The summed E-state index contributed by atoms with van der Waals surface area (Å²) in [5.74, 6) is 0.889. The van der Waals surface area contributed by atoms with Gasteiger partial charge in [0.25, 0.3) is 0 Å². The maximum Gasteiger partial charge on any atom is 0.220 e. The summed E-state index contributed by atoms with van der Waals surface area (Å²) in [7, 11) is 0. The molecule has 0 radical (unpaired) electrons. The molecule has 2 heterocycles. The van der Waals surface area contributed by atoms with Crippen LogP contribution in [0.2, 0.25) is 0 Å². The lowest BCUT2D eigenvalue weighted by Gasteiger charge is -2.10. The topological polar surface area (TPSA) is 51.2 Å². The maximum absolute atomic E-state index is 13.0. The summed E-state index contributed by atoms with van der Waals surface area (Å²) >= 11 is 1.62. The molecule has 1 N–H and O–H groups in total. The lowest BCUT2D eigenvalue weighted by Crippen LogP contribution is -2.23. The van der Waals surface area contributed by atoms with Crippen molar-refractivity contribution in [3.05, 3.63) is 101 Å². The highest BCUT2D eigenvalue weighted by Gasteiger charge is 2.09. The van der Waals surface area contributed by atoms with E-state index in [1.165, 1.54) is 12.1 Å². The van der Waals surface area contributed by atoms with Crippen molar-refractivity contribution in [1.29, 1.82) is 0 Å². The Morgan fingerprint density at radius 2 is 1.90 bits per heavy atom. The van der Waals surface area contributed by atoms with E-state index in [0.29, 0.717) is 30.9 Å². The smallest absolute Gasteiger partial charge is 0.220 e. The average molecular weight is 433 g/mol. The lowest BCUT2D eigenvalue weighted by atomic mass is 10.1. The lowest BCUT2D eigenvalue weighted by molar-refractivity contribution is -0.121. The van der Waals surface area contributed by atoms with Gasteiger partial charge in [-0.3, -0.25) is 9.78 Å². The minimum atomic E-state index is -0.305. The first-order chi connectivity index (χ1) is 15.2. The fourth-order valence-corrected chi connectivity index (χ4v) is 3.82. The number of carbonyl (C=O) groups excluding carboxylic acids is 1. The van der Waals surface area contributed by atoms with Crippen molar-refractivity contribution in [2.24, 2.45) is 0 Å². The molecule has 6 heteroatoms. The second-order valence-electron chi connectivity index (χ2n) is 7.00. The number of halogens is 1. The largest absolute Gasteiger partial charge is 0.457 e. The fraction of sp³-hybridized carbons (Fsp3) is 0.120. The minimum Gasteiger partial charge on any atom is -0.457 e. The van der Waals surface area contributed by atoms with Gasteiger partial charge in [-0.25, -0.2) is 4.39 Å². The van der Waals surface area contributed by atoms with Gasteiger partial charge in [0.15, 0.2) is 0 Å². The van der Waals surface area contributed by atoms with Crippen molar-refractivity contribution < 1.29 is 13.9 Å². The molecule has 0 unspecified atom stereocenters. The predicted molar refractivity (Wildman–Crippen MR) is 121 cm³/mol. The van der Waals surface area contributed by atoms with Gasteiger partial charge < -0.3 is 10.1 Å². The monoisotopic (exact) mass is 432 g/mol. The van der Waals surface area contributed by atoms with Crippen LogP contribution in [0.5, 0.6) is 11.5 Å². The zero-order valence-electron chi connectivity index (χ0n) is 16.8. The molecule has 0 atom stereocenters. The molecule has 31 heavy (non-hydrogen) atoms. The van der Waals surface area contributed by atoms with Crippen LogP contribution in [-0.2, 0) is 17.8 Å². The number of rotatable bonds is 8. The van der Waals surface area contributed by atoms with E-state index in [1.807, 2.05) is 47.8 Å². The van der Waals surface area contributed by atoms with Gasteiger partial charge in [-0.05, 0) is 71.5 Å². The second kappa shape index (κ2) is 10.00. The summed E-state index contributed by atoms with van der Waals surface area (Å²) in [6.45, 7) is 0.436. The number of hydrogen-bond acceptors (Lipinski definition) is 4. The standard InChI is InChI=1S/C25H21FN2O2S/c26-21-7-9-22(10-8-21)30-23-5-1-3-18(15-23)6-11-24(29)28-16-19-4-2-13-27-25(19)20-12-14-31-17-20/h1-5,7-10,12-15,17H,6,11,16H2,(H,28,29). The molecule has 0 saturated carbocycles. The van der Waals surface area contributed by atoms with Crippen LogP contribution in [0.3, 0.4) is 0 Å². The second-order valence-corrected chi connectivity index (χ2v) is 7.78. The molecule has 0 saturated heterocycles. The van der Waals surface area contributed by atoms with Gasteiger partial charge >= 0.3 is 0 Å². The molecule has 0 aliphatic rings. The average Bonchev–Trinajstić information content (AvgIpc) is 3.33. The molecule has 4 aromatic rings. The summed E-state index contributed by atoms with van der Waals surface area (Å²) in [5, 5.41) is 7.05. The third-order valence-corrected chi connectivity index (χ3v) is 5.43.